The summed E-state index contributed by atoms with van der Waals surface area (Å²) in [5.41, 5.74) is 0.764. The van der Waals surface area contributed by atoms with E-state index < -0.39 is 11.8 Å². The average Bonchev–Trinajstić information content (AvgIpc) is 2.71. The number of hydrogen-bond acceptors (Lipinski definition) is 4. The van der Waals surface area contributed by atoms with Crippen LogP contribution in [0.25, 0.3) is 0 Å². The first kappa shape index (κ1) is 22.2. The normalized spacial score (nSPS) is 10.3. The molecule has 0 aliphatic heterocycles. The zero-order valence-corrected chi connectivity index (χ0v) is 17.1. The van der Waals surface area contributed by atoms with Crippen molar-refractivity contribution in [2.45, 2.75) is 26.7 Å². The van der Waals surface area contributed by atoms with Gasteiger partial charge in [0.25, 0.3) is 0 Å². The van der Waals surface area contributed by atoms with Gasteiger partial charge in [-0.15, -0.1) is 13.2 Å². The molecule has 0 saturated carbocycles. The lowest BCUT2D eigenvalue weighted by molar-refractivity contribution is 0.0728. The Labute approximate surface area is 172 Å². The smallest absolute Gasteiger partial charge is 0.347 e. The van der Waals surface area contributed by atoms with E-state index in [-0.39, 0.29) is 11.1 Å². The van der Waals surface area contributed by atoms with Crippen molar-refractivity contribution in [3.8, 4) is 11.5 Å². The van der Waals surface area contributed by atoms with Gasteiger partial charge in [-0.2, -0.15) is 0 Å². The Balaban J connectivity index is 2.57. The largest absolute Gasteiger partial charge is 0.490 e. The Morgan fingerprint density at radius 1 is 1.17 bits per heavy atom. The van der Waals surface area contributed by atoms with Crippen LogP contribution in [0.1, 0.15) is 35.7 Å². The van der Waals surface area contributed by atoms with Crippen molar-refractivity contribution in [2.75, 3.05) is 24.6 Å². The number of ether oxygens (including phenoxy) is 2. The number of esters is 1. The molecule has 0 aliphatic carbocycles. The molecule has 0 heterocycles. The Kier molecular flexibility index (Phi) is 8.46. The van der Waals surface area contributed by atoms with Gasteiger partial charge in [-0.25, -0.2) is 9.18 Å². The number of carbonyl (C=O) groups is 1. The Morgan fingerprint density at radius 3 is 2.41 bits per heavy atom. The van der Waals surface area contributed by atoms with E-state index >= 15 is 0 Å². The third kappa shape index (κ3) is 5.70. The first-order chi connectivity index (χ1) is 14.0. The van der Waals surface area contributed by atoms with Crippen LogP contribution in [-0.4, -0.2) is 25.7 Å². The van der Waals surface area contributed by atoms with Crippen molar-refractivity contribution < 1.29 is 18.7 Å². The summed E-state index contributed by atoms with van der Waals surface area (Å²) in [4.78, 5) is 14.9. The summed E-state index contributed by atoms with van der Waals surface area (Å²) in [5.74, 6) is -0.447. The molecule has 2 aromatic carbocycles. The lowest BCUT2D eigenvalue weighted by atomic mass is 10.0. The SMILES string of the molecule is C=CCN(CC=C)c1cc(F)c(C)c(C(=O)Oc2ccccc2)c1OCCCC. The van der Waals surface area contributed by atoms with E-state index in [0.717, 1.165) is 12.8 Å². The molecule has 0 N–H and O–H groups in total. The molecular formula is C24H28FNO3. The first-order valence-corrected chi connectivity index (χ1v) is 9.73. The summed E-state index contributed by atoms with van der Waals surface area (Å²) in [6.07, 6.45) is 5.16. The second-order valence-electron chi connectivity index (χ2n) is 6.59. The first-order valence-electron chi connectivity index (χ1n) is 9.73. The highest BCUT2D eigenvalue weighted by molar-refractivity contribution is 5.98. The van der Waals surface area contributed by atoms with Crippen molar-refractivity contribution in [2.24, 2.45) is 0 Å². The minimum Gasteiger partial charge on any atom is -0.490 e. The van der Waals surface area contributed by atoms with Crippen LogP contribution in [0.4, 0.5) is 10.1 Å². The quantitative estimate of drug-likeness (QED) is 0.211. The summed E-state index contributed by atoms with van der Waals surface area (Å²) in [6, 6.07) is 10.1. The molecule has 2 aromatic rings. The Morgan fingerprint density at radius 2 is 1.83 bits per heavy atom. The number of halogens is 1. The van der Waals surface area contributed by atoms with Gasteiger partial charge in [0.2, 0.25) is 0 Å². The number of hydrogen-bond donors (Lipinski definition) is 0. The van der Waals surface area contributed by atoms with Gasteiger partial charge in [0.05, 0.1) is 12.3 Å². The minimum atomic E-state index is -0.655. The third-order valence-corrected chi connectivity index (χ3v) is 4.40. The number of benzene rings is 2. The average molecular weight is 397 g/mol. The summed E-state index contributed by atoms with van der Waals surface area (Å²) in [5, 5.41) is 0. The van der Waals surface area contributed by atoms with E-state index in [9.17, 15) is 9.18 Å². The van der Waals surface area contributed by atoms with Crippen molar-refractivity contribution in [1.29, 1.82) is 0 Å². The molecule has 0 aromatic heterocycles. The number of nitrogens with zero attached hydrogens (tertiary/aromatic N) is 1. The second kappa shape index (κ2) is 11.1. The molecule has 0 radical (unpaired) electrons. The molecule has 0 spiro atoms. The van der Waals surface area contributed by atoms with Crippen LogP contribution in [0.3, 0.4) is 0 Å². The van der Waals surface area contributed by atoms with Gasteiger partial charge in [0.15, 0.2) is 5.75 Å². The molecule has 2 rings (SSSR count). The Hall–Kier alpha value is -3.08. The maximum absolute atomic E-state index is 14.8. The van der Waals surface area contributed by atoms with Crippen molar-refractivity contribution in [3.05, 3.63) is 78.7 Å². The molecule has 0 amide bonds. The number of carbonyl (C=O) groups excluding carboxylic acids is 1. The van der Waals surface area contributed by atoms with E-state index in [1.165, 1.54) is 6.07 Å². The number of para-hydroxylation sites is 1. The standard InChI is InChI=1S/C24H28FNO3/c1-5-8-16-28-23-21(26(14-6-2)15-7-3)17-20(25)18(4)22(23)24(27)29-19-12-10-9-11-13-19/h6-7,9-13,17H,2-3,5,8,14-16H2,1,4H3. The van der Waals surface area contributed by atoms with Gasteiger partial charge in [0.1, 0.15) is 17.1 Å². The zero-order valence-electron chi connectivity index (χ0n) is 17.1. The van der Waals surface area contributed by atoms with Gasteiger partial charge < -0.3 is 14.4 Å². The van der Waals surface area contributed by atoms with Crippen LogP contribution in [0, 0.1) is 12.7 Å². The topological polar surface area (TPSA) is 38.8 Å². The van der Waals surface area contributed by atoms with Gasteiger partial charge >= 0.3 is 5.97 Å². The fraction of sp³-hybridized carbons (Fsp3) is 0.292. The van der Waals surface area contributed by atoms with Crippen molar-refractivity contribution in [1.82, 2.24) is 0 Å². The van der Waals surface area contributed by atoms with E-state index in [1.807, 2.05) is 17.9 Å². The maximum atomic E-state index is 14.8. The molecule has 5 heteroatoms. The van der Waals surface area contributed by atoms with Crippen LogP contribution in [0.15, 0.2) is 61.7 Å². The third-order valence-electron chi connectivity index (χ3n) is 4.40. The van der Waals surface area contributed by atoms with Gasteiger partial charge in [-0.05, 0) is 25.5 Å². The predicted molar refractivity (Wildman–Crippen MR) is 116 cm³/mol. The number of rotatable bonds is 11. The van der Waals surface area contributed by atoms with Crippen LogP contribution < -0.4 is 14.4 Å². The molecule has 154 valence electrons. The summed E-state index contributed by atoms with van der Waals surface area (Å²) in [6.45, 7) is 12.4. The maximum Gasteiger partial charge on any atom is 0.347 e. The number of unbranched alkanes of at least 4 members (excludes halogenated alkanes) is 1. The zero-order chi connectivity index (χ0) is 21.2. The van der Waals surface area contributed by atoms with E-state index in [1.54, 1.807) is 43.3 Å². The molecule has 0 atom stereocenters. The van der Waals surface area contributed by atoms with Crippen LogP contribution >= 0.6 is 0 Å². The van der Waals surface area contributed by atoms with Gasteiger partial charge in [-0.3, -0.25) is 0 Å². The highest BCUT2D eigenvalue weighted by atomic mass is 19.1. The van der Waals surface area contributed by atoms with Crippen LogP contribution in [0.2, 0.25) is 0 Å². The molecule has 0 unspecified atom stereocenters. The van der Waals surface area contributed by atoms with Crippen LogP contribution in [-0.2, 0) is 0 Å². The van der Waals surface area contributed by atoms with Crippen molar-refractivity contribution in [3.63, 3.8) is 0 Å². The van der Waals surface area contributed by atoms with E-state index in [0.29, 0.717) is 36.9 Å². The predicted octanol–water partition coefficient (Wildman–Crippen LogP) is 5.71. The molecule has 0 saturated heterocycles. The lowest BCUT2D eigenvalue weighted by Crippen LogP contribution is -2.26. The van der Waals surface area contributed by atoms with Gasteiger partial charge in [-0.1, -0.05) is 43.7 Å². The van der Waals surface area contributed by atoms with Crippen LogP contribution in [0.5, 0.6) is 11.5 Å². The molecule has 4 nitrogen and oxygen atoms in total. The molecule has 0 aliphatic rings. The summed E-state index contributed by atoms with van der Waals surface area (Å²) in [7, 11) is 0. The fourth-order valence-electron chi connectivity index (χ4n) is 2.89. The number of anilines is 1. The van der Waals surface area contributed by atoms with Gasteiger partial charge in [0, 0.05) is 24.7 Å². The Bertz CT molecular complexity index is 839. The second-order valence-corrected chi connectivity index (χ2v) is 6.59. The highest BCUT2D eigenvalue weighted by Gasteiger charge is 2.26. The van der Waals surface area contributed by atoms with E-state index in [4.69, 9.17) is 9.47 Å². The van der Waals surface area contributed by atoms with Crippen molar-refractivity contribution >= 4 is 11.7 Å². The molecule has 0 fully saturated rings. The molecule has 0 bridgehead atoms. The highest BCUT2D eigenvalue weighted by Crippen LogP contribution is 2.37. The lowest BCUT2D eigenvalue weighted by Gasteiger charge is -2.26. The minimum absolute atomic E-state index is 0.0954. The molecule has 29 heavy (non-hydrogen) atoms. The monoisotopic (exact) mass is 397 g/mol. The van der Waals surface area contributed by atoms with E-state index in [2.05, 4.69) is 13.2 Å². The summed E-state index contributed by atoms with van der Waals surface area (Å²) < 4.78 is 26.3. The summed E-state index contributed by atoms with van der Waals surface area (Å²) >= 11 is 0. The molecular weight excluding hydrogens is 369 g/mol. The fourth-order valence-corrected chi connectivity index (χ4v) is 2.89.